The molecule has 0 saturated heterocycles. The molecule has 0 aromatic carbocycles. The van der Waals surface area contributed by atoms with Gasteiger partial charge in [-0.1, -0.05) is 6.92 Å². The van der Waals surface area contributed by atoms with Gasteiger partial charge in [0.2, 0.25) is 5.88 Å². The number of aryl methyl sites for hydroxylation is 1. The third-order valence-corrected chi connectivity index (χ3v) is 2.45. The van der Waals surface area contributed by atoms with Crippen molar-refractivity contribution < 1.29 is 4.74 Å². The number of hydrogen-bond acceptors (Lipinski definition) is 4. The third kappa shape index (κ3) is 2.94. The summed E-state index contributed by atoms with van der Waals surface area (Å²) in [6, 6.07) is 3.96. The average molecular weight is 234 g/mol. The lowest BCUT2D eigenvalue weighted by Crippen LogP contribution is -2.22. The van der Waals surface area contributed by atoms with Gasteiger partial charge in [0.05, 0.1) is 0 Å². The zero-order valence-corrected chi connectivity index (χ0v) is 10.3. The fourth-order valence-corrected chi connectivity index (χ4v) is 1.65. The van der Waals surface area contributed by atoms with Crippen LogP contribution in [-0.2, 0) is 0 Å². The van der Waals surface area contributed by atoms with Gasteiger partial charge in [-0.25, -0.2) is 4.98 Å². The number of rotatable bonds is 6. The van der Waals surface area contributed by atoms with E-state index < -0.39 is 0 Å². The summed E-state index contributed by atoms with van der Waals surface area (Å²) in [6.45, 7) is 6.68. The van der Waals surface area contributed by atoms with Gasteiger partial charge in [0.25, 0.3) is 0 Å². The predicted octanol–water partition coefficient (Wildman–Crippen LogP) is 1.42. The molecule has 5 nitrogen and oxygen atoms in total. The Kier molecular flexibility index (Phi) is 3.93. The van der Waals surface area contributed by atoms with Crippen molar-refractivity contribution >= 4 is 5.65 Å². The zero-order valence-electron chi connectivity index (χ0n) is 10.3. The molecule has 5 heteroatoms. The number of ether oxygens (including phenoxy) is 1. The Labute approximate surface area is 101 Å². The lowest BCUT2D eigenvalue weighted by atomic mass is 10.3. The van der Waals surface area contributed by atoms with E-state index in [2.05, 4.69) is 22.3 Å². The molecule has 2 rings (SSSR count). The fourth-order valence-electron chi connectivity index (χ4n) is 1.65. The van der Waals surface area contributed by atoms with Crippen molar-refractivity contribution in [3.05, 3.63) is 24.0 Å². The molecule has 0 fully saturated rings. The molecule has 0 aliphatic rings. The normalized spacial score (nSPS) is 10.9. The summed E-state index contributed by atoms with van der Waals surface area (Å²) in [6.07, 6.45) is 2.68. The molecule has 2 aromatic heterocycles. The summed E-state index contributed by atoms with van der Waals surface area (Å²) < 4.78 is 7.42. The van der Waals surface area contributed by atoms with Gasteiger partial charge in [-0.15, -0.1) is 0 Å². The van der Waals surface area contributed by atoms with Crippen molar-refractivity contribution in [3.8, 4) is 5.88 Å². The highest BCUT2D eigenvalue weighted by Gasteiger charge is 2.04. The summed E-state index contributed by atoms with van der Waals surface area (Å²) in [4.78, 5) is 4.15. The monoisotopic (exact) mass is 234 g/mol. The van der Waals surface area contributed by atoms with Crippen LogP contribution in [0.25, 0.3) is 5.65 Å². The fraction of sp³-hybridized carbons (Fsp3) is 0.500. The minimum Gasteiger partial charge on any atom is -0.476 e. The van der Waals surface area contributed by atoms with Crippen LogP contribution in [0.2, 0.25) is 0 Å². The maximum atomic E-state index is 5.70. The van der Waals surface area contributed by atoms with Crippen LogP contribution in [0.5, 0.6) is 5.88 Å². The van der Waals surface area contributed by atoms with Gasteiger partial charge >= 0.3 is 0 Å². The average Bonchev–Trinajstić information content (AvgIpc) is 2.76. The van der Waals surface area contributed by atoms with E-state index in [-0.39, 0.29) is 0 Å². The minimum atomic E-state index is 0.637. The predicted molar refractivity (Wildman–Crippen MR) is 66.4 cm³/mol. The number of nitrogens with zero attached hydrogens (tertiary/aromatic N) is 3. The second kappa shape index (κ2) is 5.63. The van der Waals surface area contributed by atoms with Crippen LogP contribution in [-0.4, -0.2) is 34.3 Å². The quantitative estimate of drug-likeness (QED) is 0.768. The minimum absolute atomic E-state index is 0.637. The van der Waals surface area contributed by atoms with Crippen LogP contribution in [0.1, 0.15) is 18.9 Å². The van der Waals surface area contributed by atoms with Crippen molar-refractivity contribution in [2.75, 3.05) is 19.7 Å². The molecule has 0 aliphatic carbocycles. The van der Waals surface area contributed by atoms with Gasteiger partial charge in [-0.05, 0) is 31.5 Å². The molecule has 0 spiro atoms. The summed E-state index contributed by atoms with van der Waals surface area (Å²) in [5.74, 6) is 0.746. The summed E-state index contributed by atoms with van der Waals surface area (Å²) in [7, 11) is 0. The lowest BCUT2D eigenvalue weighted by Gasteiger charge is -2.08. The third-order valence-electron chi connectivity index (χ3n) is 2.45. The maximum absolute atomic E-state index is 5.70. The zero-order chi connectivity index (χ0) is 12.1. The Morgan fingerprint density at radius 1 is 1.35 bits per heavy atom. The topological polar surface area (TPSA) is 51.5 Å². The van der Waals surface area contributed by atoms with Crippen molar-refractivity contribution in [1.82, 2.24) is 19.9 Å². The van der Waals surface area contributed by atoms with Crippen molar-refractivity contribution in [3.63, 3.8) is 0 Å². The highest BCUT2D eigenvalue weighted by molar-refractivity contribution is 5.43. The summed E-state index contributed by atoms with van der Waals surface area (Å²) in [5.41, 5.74) is 1.95. The molecule has 17 heavy (non-hydrogen) atoms. The number of hydrogen-bond donors (Lipinski definition) is 1. The first-order valence-corrected chi connectivity index (χ1v) is 5.95. The first-order valence-electron chi connectivity index (χ1n) is 5.95. The van der Waals surface area contributed by atoms with E-state index in [4.69, 9.17) is 4.74 Å². The molecule has 0 unspecified atom stereocenters. The first-order chi connectivity index (χ1) is 8.31. The van der Waals surface area contributed by atoms with Gasteiger partial charge < -0.3 is 10.1 Å². The standard InChI is InChI=1S/C12H18N4O/c1-3-4-13-5-6-17-12-8-10(2)7-11-14-9-15-16(11)12/h7-9,13H,3-6H2,1-2H3. The second-order valence-corrected chi connectivity index (χ2v) is 4.00. The first kappa shape index (κ1) is 11.9. The van der Waals surface area contributed by atoms with Crippen LogP contribution in [0, 0.1) is 6.92 Å². The molecule has 2 heterocycles. The number of pyridine rings is 1. The SMILES string of the molecule is CCCNCCOc1cc(C)cc2ncnn12. The molecule has 0 atom stereocenters. The molecular weight excluding hydrogens is 216 g/mol. The summed E-state index contributed by atoms with van der Waals surface area (Å²) >= 11 is 0. The molecule has 2 aromatic rings. The Hall–Kier alpha value is -1.62. The van der Waals surface area contributed by atoms with Crippen LogP contribution in [0.3, 0.4) is 0 Å². The van der Waals surface area contributed by atoms with Crippen LogP contribution >= 0.6 is 0 Å². The van der Waals surface area contributed by atoms with Crippen molar-refractivity contribution in [2.24, 2.45) is 0 Å². The van der Waals surface area contributed by atoms with E-state index in [0.29, 0.717) is 6.61 Å². The molecule has 92 valence electrons. The van der Waals surface area contributed by atoms with E-state index >= 15 is 0 Å². The Bertz CT molecular complexity index is 480. The molecule has 1 N–H and O–H groups in total. The highest BCUT2D eigenvalue weighted by Crippen LogP contribution is 2.15. The van der Waals surface area contributed by atoms with Gasteiger partial charge in [-0.2, -0.15) is 9.61 Å². The number of nitrogens with one attached hydrogen (secondary N) is 1. The van der Waals surface area contributed by atoms with Crippen molar-refractivity contribution in [2.45, 2.75) is 20.3 Å². The summed E-state index contributed by atoms with van der Waals surface area (Å²) in [5, 5.41) is 7.43. The lowest BCUT2D eigenvalue weighted by molar-refractivity contribution is 0.295. The van der Waals surface area contributed by atoms with Crippen LogP contribution in [0.4, 0.5) is 0 Å². The molecule has 0 radical (unpaired) electrons. The Morgan fingerprint density at radius 3 is 3.06 bits per heavy atom. The highest BCUT2D eigenvalue weighted by atomic mass is 16.5. The molecule has 0 aliphatic heterocycles. The molecule has 0 bridgehead atoms. The second-order valence-electron chi connectivity index (χ2n) is 4.00. The van der Waals surface area contributed by atoms with E-state index in [0.717, 1.165) is 36.6 Å². The van der Waals surface area contributed by atoms with E-state index in [1.807, 2.05) is 19.1 Å². The van der Waals surface area contributed by atoms with E-state index in [1.54, 1.807) is 4.52 Å². The molecular formula is C12H18N4O. The van der Waals surface area contributed by atoms with Gasteiger partial charge in [0, 0.05) is 12.6 Å². The van der Waals surface area contributed by atoms with Crippen molar-refractivity contribution in [1.29, 1.82) is 0 Å². The Morgan fingerprint density at radius 2 is 2.24 bits per heavy atom. The maximum Gasteiger partial charge on any atom is 0.216 e. The van der Waals surface area contributed by atoms with Gasteiger partial charge in [0.15, 0.2) is 5.65 Å². The van der Waals surface area contributed by atoms with E-state index in [1.165, 1.54) is 6.33 Å². The van der Waals surface area contributed by atoms with E-state index in [9.17, 15) is 0 Å². The molecule has 0 saturated carbocycles. The molecule has 0 amide bonds. The van der Waals surface area contributed by atoms with Gasteiger partial charge in [-0.3, -0.25) is 0 Å². The largest absolute Gasteiger partial charge is 0.476 e. The van der Waals surface area contributed by atoms with Crippen LogP contribution in [0.15, 0.2) is 18.5 Å². The van der Waals surface area contributed by atoms with Crippen LogP contribution < -0.4 is 10.1 Å². The Balaban J connectivity index is 2.00. The number of fused-ring (bicyclic) bond motifs is 1. The smallest absolute Gasteiger partial charge is 0.216 e. The van der Waals surface area contributed by atoms with Gasteiger partial charge in [0.1, 0.15) is 12.9 Å². The number of aromatic nitrogens is 3.